The van der Waals surface area contributed by atoms with Crippen molar-refractivity contribution in [2.45, 2.75) is 43.3 Å². The molecule has 9 nitrogen and oxygen atoms in total. The van der Waals surface area contributed by atoms with Crippen LogP contribution in [0.15, 0.2) is 36.4 Å². The van der Waals surface area contributed by atoms with Crippen LogP contribution in [0.4, 0.5) is 5.69 Å². The molecule has 0 aromatic heterocycles. The van der Waals surface area contributed by atoms with E-state index in [9.17, 15) is 19.2 Å². The molecule has 32 heavy (non-hydrogen) atoms. The highest BCUT2D eigenvalue weighted by molar-refractivity contribution is 14.1. The summed E-state index contributed by atoms with van der Waals surface area (Å²) in [5.74, 6) is -3.10. The number of carboxylic acid groups (broad SMARTS) is 2. The number of esters is 1. The van der Waals surface area contributed by atoms with Gasteiger partial charge in [-0.3, -0.25) is 14.4 Å². The number of carbonyl (C=O) groups excluding carboxylic acids is 2. The molecule has 176 valence electrons. The molecule has 2 atom stereocenters. The fourth-order valence-electron chi connectivity index (χ4n) is 2.60. The van der Waals surface area contributed by atoms with Crippen LogP contribution in [0.3, 0.4) is 0 Å². The molecule has 0 aliphatic rings. The Bertz CT molecular complexity index is 838. The summed E-state index contributed by atoms with van der Waals surface area (Å²) < 4.78 is 10.3. The Morgan fingerprint density at radius 1 is 1.12 bits per heavy atom. The van der Waals surface area contributed by atoms with Crippen LogP contribution >= 0.6 is 22.6 Å². The molecule has 1 unspecified atom stereocenters. The summed E-state index contributed by atoms with van der Waals surface area (Å²) in [6.07, 6.45) is 0.966. The van der Waals surface area contributed by atoms with E-state index in [1.165, 1.54) is 29.2 Å². The molecule has 0 spiro atoms. The Hall–Kier alpha value is -2.47. The molecule has 0 saturated heterocycles. The lowest BCUT2D eigenvalue weighted by Crippen LogP contribution is -2.34. The van der Waals surface area contributed by atoms with Crippen molar-refractivity contribution >= 4 is 52.0 Å². The van der Waals surface area contributed by atoms with E-state index in [1.807, 2.05) is 29.5 Å². The van der Waals surface area contributed by atoms with Crippen molar-refractivity contribution in [3.63, 3.8) is 0 Å². The highest BCUT2D eigenvalue weighted by atomic mass is 127. The van der Waals surface area contributed by atoms with Crippen molar-refractivity contribution in [3.8, 4) is 0 Å². The predicted molar refractivity (Wildman–Crippen MR) is 126 cm³/mol. The number of ketones is 1. The Kier molecular flexibility index (Phi) is 10.8. The van der Waals surface area contributed by atoms with Gasteiger partial charge in [-0.05, 0) is 67.1 Å². The Balaban J connectivity index is 2.73. The number of nitrogens with zero attached hydrogens (tertiary/aromatic N) is 1. The van der Waals surface area contributed by atoms with E-state index in [-0.39, 0.29) is 12.4 Å². The molecule has 1 rings (SSSR count). The first kappa shape index (κ1) is 27.6. The number of alkyl halides is 1. The fraction of sp³-hybridized carbons (Fsp3) is 0.455. The summed E-state index contributed by atoms with van der Waals surface area (Å²) in [5, 5.41) is 17.9. The van der Waals surface area contributed by atoms with Gasteiger partial charge in [0.1, 0.15) is 18.7 Å². The second-order valence-corrected chi connectivity index (χ2v) is 8.60. The average molecular weight is 561 g/mol. The maximum Gasteiger partial charge on any atom is 0.333 e. The predicted octanol–water partition coefficient (Wildman–Crippen LogP) is 3.30. The van der Waals surface area contributed by atoms with Gasteiger partial charge in [0.25, 0.3) is 0 Å². The highest BCUT2D eigenvalue weighted by Crippen LogP contribution is 2.23. The minimum Gasteiger partial charge on any atom is -0.480 e. The van der Waals surface area contributed by atoms with E-state index < -0.39 is 40.7 Å². The standard InChI is InChI=1S/C22H28INO8/c1-5-22(4,32-21(30)14(2)3)10-11-31-20(23)19(29)15-6-8-16(9-7-15)24(12-17(25)26)13-18(27)28/h6-9,20H,2,5,10-13H2,1,3-4H3,(H,25,26)(H,27,28)/t20?,22-/m0/s1. The zero-order valence-electron chi connectivity index (χ0n) is 18.3. The molecule has 0 radical (unpaired) electrons. The summed E-state index contributed by atoms with van der Waals surface area (Å²) in [5.41, 5.74) is 0.275. The number of carboxylic acids is 2. The first-order valence-electron chi connectivity index (χ1n) is 9.86. The number of aliphatic carboxylic acids is 2. The molecule has 0 aliphatic heterocycles. The van der Waals surface area contributed by atoms with Gasteiger partial charge in [0.2, 0.25) is 5.78 Å². The second kappa shape index (κ2) is 12.5. The summed E-state index contributed by atoms with van der Waals surface area (Å²) in [7, 11) is 0. The number of Topliss-reactive ketones (excluding diaryl/α,β-unsaturated/α-hetero) is 1. The normalized spacial score (nSPS) is 13.5. The Morgan fingerprint density at radius 2 is 1.66 bits per heavy atom. The lowest BCUT2D eigenvalue weighted by molar-refractivity contribution is -0.155. The number of hydrogen-bond donors (Lipinski definition) is 2. The van der Waals surface area contributed by atoms with Gasteiger partial charge in [0.15, 0.2) is 4.11 Å². The van der Waals surface area contributed by atoms with Crippen LogP contribution in [0.5, 0.6) is 0 Å². The first-order valence-corrected chi connectivity index (χ1v) is 11.1. The van der Waals surface area contributed by atoms with Crippen molar-refractivity contribution in [1.29, 1.82) is 0 Å². The van der Waals surface area contributed by atoms with E-state index in [1.54, 1.807) is 13.8 Å². The van der Waals surface area contributed by atoms with Gasteiger partial charge < -0.3 is 24.6 Å². The maximum absolute atomic E-state index is 12.6. The molecule has 0 bridgehead atoms. The van der Waals surface area contributed by atoms with Crippen LogP contribution in [0, 0.1) is 0 Å². The molecule has 0 fully saturated rings. The third-order valence-electron chi connectivity index (χ3n) is 4.71. The molecule has 1 aromatic carbocycles. The van der Waals surface area contributed by atoms with Crippen molar-refractivity contribution in [3.05, 3.63) is 42.0 Å². The van der Waals surface area contributed by atoms with E-state index in [0.717, 1.165) is 0 Å². The zero-order chi connectivity index (χ0) is 24.5. The molecule has 2 N–H and O–H groups in total. The molecule has 0 heterocycles. The minimum absolute atomic E-state index is 0.191. The Labute approximate surface area is 200 Å². The third kappa shape index (κ3) is 8.95. The molecular weight excluding hydrogens is 533 g/mol. The lowest BCUT2D eigenvalue weighted by Gasteiger charge is -2.28. The summed E-state index contributed by atoms with van der Waals surface area (Å²) in [4.78, 5) is 47.6. The quantitative estimate of drug-likeness (QED) is 0.116. The van der Waals surface area contributed by atoms with Crippen LogP contribution in [0.1, 0.15) is 44.0 Å². The minimum atomic E-state index is -1.17. The largest absolute Gasteiger partial charge is 0.480 e. The van der Waals surface area contributed by atoms with Crippen molar-refractivity contribution in [2.75, 3.05) is 24.6 Å². The molecule has 0 amide bonds. The van der Waals surface area contributed by atoms with Crippen LogP contribution in [-0.4, -0.2) is 63.3 Å². The first-order chi connectivity index (χ1) is 14.9. The summed E-state index contributed by atoms with van der Waals surface area (Å²) in [6.45, 7) is 8.05. The van der Waals surface area contributed by atoms with Crippen LogP contribution in [-0.2, 0) is 23.9 Å². The van der Waals surface area contributed by atoms with E-state index in [0.29, 0.717) is 29.7 Å². The SMILES string of the molecule is C=C(C)C(=O)O[C@@](C)(CC)CCOC(I)C(=O)c1ccc(N(CC(=O)O)CC(=O)O)cc1. The topological polar surface area (TPSA) is 130 Å². The number of carbonyl (C=O) groups is 4. The molecule has 0 saturated carbocycles. The number of rotatable bonds is 14. The summed E-state index contributed by atoms with van der Waals surface area (Å²) >= 11 is 1.87. The van der Waals surface area contributed by atoms with Crippen LogP contribution in [0.25, 0.3) is 0 Å². The monoisotopic (exact) mass is 561 g/mol. The van der Waals surface area contributed by atoms with Gasteiger partial charge in [0.05, 0.1) is 6.61 Å². The zero-order valence-corrected chi connectivity index (χ0v) is 20.5. The van der Waals surface area contributed by atoms with Gasteiger partial charge >= 0.3 is 17.9 Å². The fourth-order valence-corrected chi connectivity index (χ4v) is 3.21. The molecule has 0 aliphatic carbocycles. The highest BCUT2D eigenvalue weighted by Gasteiger charge is 2.28. The molecular formula is C22H28INO8. The molecule has 1 aromatic rings. The number of halogens is 1. The van der Waals surface area contributed by atoms with E-state index >= 15 is 0 Å². The van der Waals surface area contributed by atoms with Gasteiger partial charge in [-0.15, -0.1) is 0 Å². The van der Waals surface area contributed by atoms with Crippen molar-refractivity contribution in [1.82, 2.24) is 0 Å². The van der Waals surface area contributed by atoms with Gasteiger partial charge in [0, 0.05) is 23.2 Å². The molecule has 10 heteroatoms. The smallest absolute Gasteiger partial charge is 0.333 e. The van der Waals surface area contributed by atoms with Gasteiger partial charge in [-0.1, -0.05) is 13.5 Å². The third-order valence-corrected chi connectivity index (χ3v) is 5.63. The number of anilines is 1. The maximum atomic E-state index is 12.6. The van der Waals surface area contributed by atoms with Gasteiger partial charge in [-0.25, -0.2) is 4.79 Å². The Morgan fingerprint density at radius 3 is 2.09 bits per heavy atom. The second-order valence-electron chi connectivity index (χ2n) is 7.46. The number of hydrogen-bond acceptors (Lipinski definition) is 7. The van der Waals surface area contributed by atoms with Gasteiger partial charge in [-0.2, -0.15) is 0 Å². The van der Waals surface area contributed by atoms with Crippen LogP contribution in [0.2, 0.25) is 0 Å². The number of ether oxygens (including phenoxy) is 2. The van der Waals surface area contributed by atoms with Crippen LogP contribution < -0.4 is 4.90 Å². The lowest BCUT2D eigenvalue weighted by atomic mass is 9.99. The average Bonchev–Trinajstić information content (AvgIpc) is 2.72. The summed E-state index contributed by atoms with van der Waals surface area (Å²) in [6, 6.07) is 5.98. The van der Waals surface area contributed by atoms with E-state index in [4.69, 9.17) is 19.7 Å². The van der Waals surface area contributed by atoms with Crippen molar-refractivity contribution < 1.29 is 38.9 Å². The number of benzene rings is 1. The van der Waals surface area contributed by atoms with Crippen molar-refractivity contribution in [2.24, 2.45) is 0 Å². The van der Waals surface area contributed by atoms with E-state index in [2.05, 4.69) is 6.58 Å².